The summed E-state index contributed by atoms with van der Waals surface area (Å²) >= 11 is 1.75. The van der Waals surface area contributed by atoms with Crippen molar-refractivity contribution in [3.8, 4) is 11.4 Å². The van der Waals surface area contributed by atoms with Crippen LogP contribution < -0.4 is 0 Å². The number of tetrazole rings is 1. The van der Waals surface area contributed by atoms with Crippen LogP contribution in [-0.2, 0) is 18.8 Å². The topological polar surface area (TPSA) is 61.4 Å². The van der Waals surface area contributed by atoms with E-state index in [0.717, 1.165) is 21.9 Å². The van der Waals surface area contributed by atoms with Crippen molar-refractivity contribution < 1.29 is 0 Å². The molecule has 0 atom stereocenters. The Morgan fingerprint density at radius 1 is 0.788 bits per heavy atom. The minimum atomic E-state index is 0.583. The largest absolute Gasteiger partial charge is 0.254 e. The molecule has 0 unspecified atom stereocenters. The van der Waals surface area contributed by atoms with Gasteiger partial charge in [0.25, 0.3) is 0 Å². The zero-order chi connectivity index (χ0) is 22.5. The summed E-state index contributed by atoms with van der Waals surface area (Å²) < 4.78 is 2.03. The molecule has 0 radical (unpaired) electrons. The van der Waals surface area contributed by atoms with E-state index in [1.807, 2.05) is 23.0 Å². The Bertz CT molecular complexity index is 1330. The second-order valence-corrected chi connectivity index (χ2v) is 8.88. The minimum absolute atomic E-state index is 0.583. The van der Waals surface area contributed by atoms with Crippen molar-refractivity contribution in [3.05, 3.63) is 113 Å². The maximum Gasteiger partial charge on any atom is 0.209 e. The van der Waals surface area contributed by atoms with Gasteiger partial charge in [0.2, 0.25) is 5.82 Å². The van der Waals surface area contributed by atoms with Crippen LogP contribution in [0.1, 0.15) is 22.3 Å². The van der Waals surface area contributed by atoms with E-state index in [2.05, 4.69) is 100 Å². The third-order valence-corrected chi connectivity index (χ3v) is 6.47. The van der Waals surface area contributed by atoms with Crippen LogP contribution in [0.5, 0.6) is 0 Å². The summed E-state index contributed by atoms with van der Waals surface area (Å²) in [6.45, 7) is 3.36. The van der Waals surface area contributed by atoms with E-state index in [-0.39, 0.29) is 0 Å². The lowest BCUT2D eigenvalue weighted by atomic mass is 10.1. The standard InChI is InChI=1S/C26H24N6S/c1-20-9-8-14-23(15-20)18-32-29-25(28-30-32)24-16-27-31(17-21-10-4-2-5-11-21)26(24)33-19-22-12-6-3-7-13-22/h2-16H,17-19H2,1H3. The van der Waals surface area contributed by atoms with Crippen LogP contribution in [0.15, 0.2) is 96.2 Å². The molecule has 5 aromatic rings. The van der Waals surface area contributed by atoms with Gasteiger partial charge in [0.05, 0.1) is 24.8 Å². The van der Waals surface area contributed by atoms with E-state index in [0.29, 0.717) is 18.9 Å². The highest BCUT2D eigenvalue weighted by Crippen LogP contribution is 2.32. The van der Waals surface area contributed by atoms with Crippen molar-refractivity contribution in [2.45, 2.75) is 30.8 Å². The summed E-state index contributed by atoms with van der Waals surface area (Å²) in [5.41, 5.74) is 5.73. The molecule has 3 aromatic carbocycles. The third-order valence-electron chi connectivity index (χ3n) is 5.28. The van der Waals surface area contributed by atoms with Crippen LogP contribution in [0.3, 0.4) is 0 Å². The molecule has 2 heterocycles. The molecule has 0 aliphatic carbocycles. The van der Waals surface area contributed by atoms with Crippen LogP contribution in [-0.4, -0.2) is 30.0 Å². The fourth-order valence-corrected chi connectivity index (χ4v) is 4.72. The number of aryl methyl sites for hydroxylation is 1. The number of benzene rings is 3. The Morgan fingerprint density at radius 3 is 2.27 bits per heavy atom. The Labute approximate surface area is 197 Å². The maximum absolute atomic E-state index is 4.68. The molecule has 2 aromatic heterocycles. The van der Waals surface area contributed by atoms with Gasteiger partial charge in [-0.25, -0.2) is 0 Å². The van der Waals surface area contributed by atoms with Crippen molar-refractivity contribution >= 4 is 11.8 Å². The zero-order valence-electron chi connectivity index (χ0n) is 18.4. The Hall–Kier alpha value is -3.71. The normalized spacial score (nSPS) is 11.1. The summed E-state index contributed by atoms with van der Waals surface area (Å²) in [5.74, 6) is 1.43. The molecule has 0 amide bonds. The molecule has 0 N–H and O–H groups in total. The average molecular weight is 453 g/mol. The first-order valence-electron chi connectivity index (χ1n) is 10.8. The third kappa shape index (κ3) is 5.21. The van der Waals surface area contributed by atoms with Crippen molar-refractivity contribution in [1.82, 2.24) is 30.0 Å². The lowest BCUT2D eigenvalue weighted by molar-refractivity contribution is 0.572. The van der Waals surface area contributed by atoms with Gasteiger partial charge in [-0.3, -0.25) is 4.68 Å². The number of rotatable bonds is 8. The highest BCUT2D eigenvalue weighted by Gasteiger charge is 2.18. The lowest BCUT2D eigenvalue weighted by Gasteiger charge is -2.09. The van der Waals surface area contributed by atoms with Gasteiger partial charge < -0.3 is 0 Å². The minimum Gasteiger partial charge on any atom is -0.254 e. The number of aromatic nitrogens is 6. The van der Waals surface area contributed by atoms with Crippen LogP contribution >= 0.6 is 11.8 Å². The van der Waals surface area contributed by atoms with Crippen molar-refractivity contribution in [2.75, 3.05) is 0 Å². The van der Waals surface area contributed by atoms with Crippen LogP contribution in [0.25, 0.3) is 11.4 Å². The van der Waals surface area contributed by atoms with Gasteiger partial charge in [0.1, 0.15) is 5.03 Å². The van der Waals surface area contributed by atoms with E-state index in [4.69, 9.17) is 0 Å². The summed E-state index contributed by atoms with van der Waals surface area (Å²) in [6.07, 6.45) is 1.85. The summed E-state index contributed by atoms with van der Waals surface area (Å²) in [5, 5.41) is 19.0. The van der Waals surface area contributed by atoms with E-state index in [9.17, 15) is 0 Å². The van der Waals surface area contributed by atoms with E-state index >= 15 is 0 Å². The number of hydrogen-bond donors (Lipinski definition) is 0. The van der Waals surface area contributed by atoms with Crippen molar-refractivity contribution in [3.63, 3.8) is 0 Å². The van der Waals surface area contributed by atoms with Gasteiger partial charge in [0.15, 0.2) is 0 Å². The average Bonchev–Trinajstić information content (AvgIpc) is 3.46. The molecule has 33 heavy (non-hydrogen) atoms. The fourth-order valence-electron chi connectivity index (χ4n) is 3.67. The van der Waals surface area contributed by atoms with Crippen LogP contribution in [0, 0.1) is 6.92 Å². The van der Waals surface area contributed by atoms with Crippen LogP contribution in [0.2, 0.25) is 0 Å². The molecular formula is C26H24N6S. The lowest BCUT2D eigenvalue weighted by Crippen LogP contribution is -2.04. The molecule has 5 rings (SSSR count). The second-order valence-electron chi connectivity index (χ2n) is 7.91. The van der Waals surface area contributed by atoms with Gasteiger partial charge in [-0.15, -0.1) is 22.0 Å². The van der Waals surface area contributed by atoms with Gasteiger partial charge >= 0.3 is 0 Å². The predicted molar refractivity (Wildman–Crippen MR) is 131 cm³/mol. The quantitative estimate of drug-likeness (QED) is 0.302. The molecule has 0 aliphatic rings. The molecule has 0 fully saturated rings. The van der Waals surface area contributed by atoms with Gasteiger partial charge in [0, 0.05) is 5.75 Å². The molecule has 0 spiro atoms. The first-order chi connectivity index (χ1) is 16.2. The summed E-state index contributed by atoms with van der Waals surface area (Å²) in [4.78, 5) is 1.64. The fraction of sp³-hybridized carbons (Fsp3) is 0.154. The highest BCUT2D eigenvalue weighted by atomic mass is 32.2. The first kappa shape index (κ1) is 21.2. The molecule has 164 valence electrons. The number of thioether (sulfide) groups is 1. The van der Waals surface area contributed by atoms with E-state index in [1.165, 1.54) is 16.7 Å². The smallest absolute Gasteiger partial charge is 0.209 e. The monoisotopic (exact) mass is 452 g/mol. The highest BCUT2D eigenvalue weighted by molar-refractivity contribution is 7.98. The summed E-state index contributed by atoms with van der Waals surface area (Å²) in [7, 11) is 0. The predicted octanol–water partition coefficient (Wildman–Crippen LogP) is 5.23. The number of nitrogens with zero attached hydrogens (tertiary/aromatic N) is 6. The SMILES string of the molecule is Cc1cccc(Cn2nnc(-c3cnn(Cc4ccccc4)c3SCc3ccccc3)n2)c1. The summed E-state index contributed by atoms with van der Waals surface area (Å²) in [6, 6.07) is 29.2. The molecule has 0 bridgehead atoms. The van der Waals surface area contributed by atoms with Crippen molar-refractivity contribution in [1.29, 1.82) is 0 Å². The molecule has 0 aliphatic heterocycles. The zero-order valence-corrected chi connectivity index (χ0v) is 19.2. The first-order valence-corrected chi connectivity index (χ1v) is 11.8. The second kappa shape index (κ2) is 9.83. The van der Waals surface area contributed by atoms with Crippen LogP contribution in [0.4, 0.5) is 0 Å². The molecular weight excluding hydrogens is 428 g/mol. The molecule has 0 saturated heterocycles. The van der Waals surface area contributed by atoms with E-state index < -0.39 is 0 Å². The van der Waals surface area contributed by atoms with Gasteiger partial charge in [-0.2, -0.15) is 9.90 Å². The van der Waals surface area contributed by atoms with Gasteiger partial charge in [-0.1, -0.05) is 90.5 Å². The Kier molecular flexibility index (Phi) is 6.30. The Balaban J connectivity index is 1.43. The van der Waals surface area contributed by atoms with Crippen molar-refractivity contribution in [2.24, 2.45) is 0 Å². The molecule has 7 heteroatoms. The molecule has 6 nitrogen and oxygen atoms in total. The number of hydrogen-bond acceptors (Lipinski definition) is 5. The maximum atomic E-state index is 4.68. The molecule has 0 saturated carbocycles. The van der Waals surface area contributed by atoms with Gasteiger partial charge in [-0.05, 0) is 28.8 Å². The Morgan fingerprint density at radius 2 is 1.52 bits per heavy atom. The van der Waals surface area contributed by atoms with E-state index in [1.54, 1.807) is 16.6 Å².